The van der Waals surface area contributed by atoms with Crippen molar-refractivity contribution in [2.45, 2.75) is 19.3 Å². The molecule has 8 aromatic rings. The molecule has 2 aromatic heterocycles. The van der Waals surface area contributed by atoms with Crippen molar-refractivity contribution in [2.75, 3.05) is 4.90 Å². The zero-order valence-corrected chi connectivity index (χ0v) is 25.2. The Balaban J connectivity index is 1.30. The molecule has 2 heterocycles. The number of para-hydroxylation sites is 1. The minimum absolute atomic E-state index is 0.0572. The highest BCUT2D eigenvalue weighted by atomic mass is 16.3. The van der Waals surface area contributed by atoms with Crippen molar-refractivity contribution >= 4 is 50.0 Å². The van der Waals surface area contributed by atoms with Gasteiger partial charge in [0, 0.05) is 22.2 Å². The van der Waals surface area contributed by atoms with Crippen LogP contribution in [0.2, 0.25) is 0 Å². The zero-order chi connectivity index (χ0) is 30.1. The Morgan fingerprint density at radius 3 is 2.13 bits per heavy atom. The maximum absolute atomic E-state index is 6.46. The lowest BCUT2D eigenvalue weighted by molar-refractivity contribution is 0.660. The number of anilines is 3. The summed E-state index contributed by atoms with van der Waals surface area (Å²) in [7, 11) is 0. The zero-order valence-electron chi connectivity index (χ0n) is 25.2. The maximum Gasteiger partial charge on any atom is 0.154 e. The van der Waals surface area contributed by atoms with Crippen LogP contribution in [0.3, 0.4) is 0 Å². The molecule has 3 nitrogen and oxygen atoms in total. The van der Waals surface area contributed by atoms with Gasteiger partial charge in [-0.1, -0.05) is 111 Å². The van der Waals surface area contributed by atoms with Gasteiger partial charge in [0.25, 0.3) is 0 Å². The van der Waals surface area contributed by atoms with E-state index in [0.29, 0.717) is 0 Å². The van der Waals surface area contributed by atoms with Crippen molar-refractivity contribution in [1.82, 2.24) is 4.98 Å². The summed E-state index contributed by atoms with van der Waals surface area (Å²) in [4.78, 5) is 7.49. The van der Waals surface area contributed by atoms with Gasteiger partial charge in [-0.3, -0.25) is 0 Å². The largest absolute Gasteiger partial charge is 0.454 e. The number of nitrogens with zero attached hydrogens (tertiary/aromatic N) is 2. The van der Waals surface area contributed by atoms with E-state index in [1.165, 1.54) is 33.4 Å². The molecule has 45 heavy (non-hydrogen) atoms. The number of aromatic nitrogens is 1. The van der Waals surface area contributed by atoms with Gasteiger partial charge in [0.05, 0.1) is 16.6 Å². The number of hydrogen-bond acceptors (Lipinski definition) is 3. The fraction of sp³-hybridized carbons (Fsp3) is 0.0714. The molecule has 1 aliphatic carbocycles. The molecule has 1 aliphatic rings. The lowest BCUT2D eigenvalue weighted by Gasteiger charge is -2.28. The minimum Gasteiger partial charge on any atom is -0.454 e. The predicted molar refractivity (Wildman–Crippen MR) is 187 cm³/mol. The van der Waals surface area contributed by atoms with Crippen LogP contribution in [0.5, 0.6) is 0 Å². The van der Waals surface area contributed by atoms with Gasteiger partial charge in [-0.25, -0.2) is 4.98 Å². The molecule has 0 saturated heterocycles. The molecule has 0 spiro atoms. The van der Waals surface area contributed by atoms with Gasteiger partial charge in [-0.15, -0.1) is 0 Å². The number of pyridine rings is 1. The quantitative estimate of drug-likeness (QED) is 0.208. The standard InChI is InChI=1S/C42H30N2O/c1-42(2)34-15-8-7-14-32(34)33-26-31(23-24-35(33)42)44(30-21-19-28(20-22-30)27-11-4-3-5-12-27)37-17-10-18-38-40(37)41-39(45-38)25-29-13-6-9-16-36(29)43-41/h3-26H,1-2H3. The van der Waals surface area contributed by atoms with Crippen molar-refractivity contribution in [2.24, 2.45) is 0 Å². The predicted octanol–water partition coefficient (Wildman–Crippen LogP) is 11.6. The molecule has 0 bridgehead atoms. The number of benzene rings is 6. The summed E-state index contributed by atoms with van der Waals surface area (Å²) in [5.41, 5.74) is 14.3. The van der Waals surface area contributed by atoms with Gasteiger partial charge in [0.2, 0.25) is 0 Å². The lowest BCUT2D eigenvalue weighted by atomic mass is 9.82. The van der Waals surface area contributed by atoms with E-state index >= 15 is 0 Å². The van der Waals surface area contributed by atoms with E-state index in [0.717, 1.165) is 50.0 Å². The van der Waals surface area contributed by atoms with E-state index < -0.39 is 0 Å². The van der Waals surface area contributed by atoms with Crippen molar-refractivity contribution in [3.8, 4) is 22.3 Å². The van der Waals surface area contributed by atoms with Gasteiger partial charge in [0.15, 0.2) is 5.58 Å². The molecule has 0 unspecified atom stereocenters. The summed E-state index contributed by atoms with van der Waals surface area (Å²) in [6, 6.07) is 51.8. The molecule has 0 N–H and O–H groups in total. The van der Waals surface area contributed by atoms with E-state index in [1.807, 2.05) is 18.2 Å². The number of furan rings is 1. The third-order valence-electron chi connectivity index (χ3n) is 9.45. The van der Waals surface area contributed by atoms with E-state index in [4.69, 9.17) is 9.40 Å². The van der Waals surface area contributed by atoms with Gasteiger partial charge in [0.1, 0.15) is 11.1 Å². The van der Waals surface area contributed by atoms with Crippen LogP contribution in [0.1, 0.15) is 25.0 Å². The maximum atomic E-state index is 6.46. The van der Waals surface area contributed by atoms with Crippen molar-refractivity contribution in [3.63, 3.8) is 0 Å². The van der Waals surface area contributed by atoms with Gasteiger partial charge >= 0.3 is 0 Å². The Hall–Kier alpha value is -5.67. The Morgan fingerprint density at radius 2 is 1.27 bits per heavy atom. The smallest absolute Gasteiger partial charge is 0.154 e. The molecular weight excluding hydrogens is 548 g/mol. The molecule has 0 atom stereocenters. The molecule has 214 valence electrons. The average Bonchev–Trinajstić information content (AvgIpc) is 3.56. The molecule has 0 saturated carbocycles. The van der Waals surface area contributed by atoms with Gasteiger partial charge in [-0.2, -0.15) is 0 Å². The van der Waals surface area contributed by atoms with Crippen molar-refractivity contribution < 1.29 is 4.42 Å². The summed E-state index contributed by atoms with van der Waals surface area (Å²) in [5.74, 6) is 0. The second-order valence-electron chi connectivity index (χ2n) is 12.4. The number of fused-ring (bicyclic) bond motifs is 7. The summed E-state index contributed by atoms with van der Waals surface area (Å²) in [5, 5.41) is 2.07. The Labute approximate surface area is 262 Å². The van der Waals surface area contributed by atoms with Crippen LogP contribution in [-0.2, 0) is 5.41 Å². The SMILES string of the molecule is CC1(C)c2ccccc2-c2cc(N(c3ccc(-c4ccccc4)cc3)c3cccc4oc5cc6ccccc6nc5c34)ccc21. The van der Waals surface area contributed by atoms with Crippen LogP contribution in [0.4, 0.5) is 17.1 Å². The lowest BCUT2D eigenvalue weighted by Crippen LogP contribution is -2.15. The Morgan fingerprint density at radius 1 is 0.556 bits per heavy atom. The normalized spacial score (nSPS) is 13.3. The van der Waals surface area contributed by atoms with Gasteiger partial charge in [-0.05, 0) is 81.9 Å². The summed E-state index contributed by atoms with van der Waals surface area (Å²) < 4.78 is 6.46. The first-order valence-electron chi connectivity index (χ1n) is 15.5. The van der Waals surface area contributed by atoms with Crippen LogP contribution < -0.4 is 4.90 Å². The second kappa shape index (κ2) is 9.67. The molecule has 3 heteroatoms. The Bertz CT molecular complexity index is 2400. The first kappa shape index (κ1) is 25.8. The van der Waals surface area contributed by atoms with E-state index in [9.17, 15) is 0 Å². The molecule has 9 rings (SSSR count). The monoisotopic (exact) mass is 578 g/mol. The topological polar surface area (TPSA) is 29.3 Å². The molecule has 6 aromatic carbocycles. The summed E-state index contributed by atoms with van der Waals surface area (Å²) in [6.07, 6.45) is 0. The minimum atomic E-state index is -0.0572. The molecule has 0 aliphatic heterocycles. The number of hydrogen-bond donors (Lipinski definition) is 0. The van der Waals surface area contributed by atoms with Crippen LogP contribution in [-0.4, -0.2) is 4.98 Å². The molecule has 0 fully saturated rings. The Kier molecular flexibility index (Phi) is 5.54. The third kappa shape index (κ3) is 3.94. The van der Waals surface area contributed by atoms with Crippen molar-refractivity contribution in [1.29, 1.82) is 0 Å². The van der Waals surface area contributed by atoms with E-state index in [-0.39, 0.29) is 5.41 Å². The second-order valence-corrected chi connectivity index (χ2v) is 12.4. The highest BCUT2D eigenvalue weighted by Crippen LogP contribution is 2.51. The van der Waals surface area contributed by atoms with Crippen LogP contribution in [0.15, 0.2) is 150 Å². The highest BCUT2D eigenvalue weighted by Gasteiger charge is 2.35. The van der Waals surface area contributed by atoms with Crippen LogP contribution in [0.25, 0.3) is 55.2 Å². The molecular formula is C42H30N2O. The first-order chi connectivity index (χ1) is 22.1. The number of rotatable bonds is 4. The first-order valence-corrected chi connectivity index (χ1v) is 15.5. The van der Waals surface area contributed by atoms with E-state index in [1.54, 1.807) is 0 Å². The highest BCUT2D eigenvalue weighted by molar-refractivity contribution is 6.13. The van der Waals surface area contributed by atoms with E-state index in [2.05, 4.69) is 146 Å². The fourth-order valence-corrected chi connectivity index (χ4v) is 7.21. The molecule has 0 amide bonds. The summed E-state index contributed by atoms with van der Waals surface area (Å²) in [6.45, 7) is 4.65. The summed E-state index contributed by atoms with van der Waals surface area (Å²) >= 11 is 0. The third-order valence-corrected chi connectivity index (χ3v) is 9.45. The fourth-order valence-electron chi connectivity index (χ4n) is 7.21. The van der Waals surface area contributed by atoms with Crippen LogP contribution >= 0.6 is 0 Å². The van der Waals surface area contributed by atoms with Crippen molar-refractivity contribution in [3.05, 3.63) is 157 Å². The average molecular weight is 579 g/mol. The van der Waals surface area contributed by atoms with Gasteiger partial charge < -0.3 is 9.32 Å². The van der Waals surface area contributed by atoms with Crippen LogP contribution in [0, 0.1) is 0 Å². The molecule has 0 radical (unpaired) electrons.